The Labute approximate surface area is 84.7 Å². The fraction of sp³-hybridized carbons (Fsp3) is 0.700. The van der Waals surface area contributed by atoms with Gasteiger partial charge in [-0.2, -0.15) is 0 Å². The molecule has 0 radical (unpaired) electrons. The Hall–Kier alpha value is -1.03. The van der Waals surface area contributed by atoms with Crippen LogP contribution in [0.4, 0.5) is 5.95 Å². The number of piperidine rings is 1. The van der Waals surface area contributed by atoms with E-state index in [1.807, 2.05) is 13.1 Å². The topological polar surface area (TPSA) is 44.0 Å². The number of likely N-dealkylation sites (tertiary alicyclic amines) is 1. The molecule has 0 bridgehead atoms. The van der Waals surface area contributed by atoms with Gasteiger partial charge in [0.05, 0.1) is 0 Å². The van der Waals surface area contributed by atoms with Gasteiger partial charge < -0.3 is 15.2 Å². The maximum Gasteiger partial charge on any atom is 0.200 e. The maximum absolute atomic E-state index is 4.25. The first kappa shape index (κ1) is 9.52. The molecule has 1 fully saturated rings. The van der Waals surface area contributed by atoms with E-state index < -0.39 is 0 Å². The van der Waals surface area contributed by atoms with Crippen LogP contribution in [0.5, 0.6) is 0 Å². The van der Waals surface area contributed by atoms with E-state index in [1.54, 1.807) is 0 Å². The number of rotatable bonds is 2. The molecule has 0 amide bonds. The number of nitrogens with zero attached hydrogens (tertiary/aromatic N) is 2. The largest absolute Gasteiger partial charge is 0.353 e. The number of anilines is 1. The molecule has 1 aromatic rings. The molecule has 78 valence electrons. The van der Waals surface area contributed by atoms with Crippen LogP contribution in [0, 0.1) is 6.92 Å². The average Bonchev–Trinajstić information content (AvgIpc) is 2.56. The lowest BCUT2D eigenvalue weighted by Crippen LogP contribution is -2.36. The second-order valence-electron chi connectivity index (χ2n) is 4.14. The molecule has 4 heteroatoms. The maximum atomic E-state index is 4.25. The number of H-pyrrole nitrogens is 1. The lowest BCUT2D eigenvalue weighted by atomic mass is 10.1. The zero-order valence-corrected chi connectivity index (χ0v) is 8.88. The lowest BCUT2D eigenvalue weighted by molar-refractivity contribution is 0.263. The van der Waals surface area contributed by atoms with Gasteiger partial charge in [0.15, 0.2) is 0 Å². The molecule has 1 aliphatic rings. The molecule has 0 saturated carbocycles. The van der Waals surface area contributed by atoms with Crippen LogP contribution in [-0.4, -0.2) is 41.0 Å². The molecule has 0 atom stereocenters. The van der Waals surface area contributed by atoms with Crippen molar-refractivity contribution in [3.63, 3.8) is 0 Å². The van der Waals surface area contributed by atoms with Gasteiger partial charge in [0.25, 0.3) is 0 Å². The summed E-state index contributed by atoms with van der Waals surface area (Å²) in [6.07, 6.45) is 4.27. The summed E-state index contributed by atoms with van der Waals surface area (Å²) in [7, 11) is 2.17. The first-order valence-corrected chi connectivity index (χ1v) is 5.21. The van der Waals surface area contributed by atoms with Crippen molar-refractivity contribution in [1.82, 2.24) is 14.9 Å². The molecule has 0 aliphatic carbocycles. The van der Waals surface area contributed by atoms with E-state index in [0.717, 1.165) is 11.6 Å². The summed E-state index contributed by atoms with van der Waals surface area (Å²) >= 11 is 0. The summed E-state index contributed by atoms with van der Waals surface area (Å²) in [5.74, 6) is 0.914. The Balaban J connectivity index is 1.86. The van der Waals surface area contributed by atoms with E-state index in [-0.39, 0.29) is 0 Å². The second kappa shape index (κ2) is 4.00. The monoisotopic (exact) mass is 194 g/mol. The van der Waals surface area contributed by atoms with Gasteiger partial charge in [-0.3, -0.25) is 0 Å². The van der Waals surface area contributed by atoms with Crippen LogP contribution < -0.4 is 5.32 Å². The summed E-state index contributed by atoms with van der Waals surface area (Å²) in [5.41, 5.74) is 1.11. The van der Waals surface area contributed by atoms with Gasteiger partial charge in [-0.25, -0.2) is 4.98 Å². The number of nitrogens with one attached hydrogen (secondary N) is 2. The molecule has 0 aromatic carbocycles. The predicted molar refractivity (Wildman–Crippen MR) is 57.5 cm³/mol. The summed E-state index contributed by atoms with van der Waals surface area (Å²) in [6, 6.07) is 0.580. The van der Waals surface area contributed by atoms with Gasteiger partial charge >= 0.3 is 0 Å². The number of aromatic nitrogens is 2. The van der Waals surface area contributed by atoms with E-state index in [9.17, 15) is 0 Å². The van der Waals surface area contributed by atoms with Gasteiger partial charge in [-0.05, 0) is 39.9 Å². The van der Waals surface area contributed by atoms with Crippen molar-refractivity contribution >= 4 is 5.95 Å². The number of imidazole rings is 1. The zero-order chi connectivity index (χ0) is 9.97. The molecular weight excluding hydrogens is 176 g/mol. The van der Waals surface area contributed by atoms with Crippen molar-refractivity contribution in [3.05, 3.63) is 11.9 Å². The molecule has 1 saturated heterocycles. The fourth-order valence-electron chi connectivity index (χ4n) is 1.83. The number of hydrogen-bond donors (Lipinski definition) is 2. The third kappa shape index (κ3) is 2.26. The third-order valence-corrected chi connectivity index (χ3v) is 2.76. The van der Waals surface area contributed by atoms with Crippen LogP contribution in [0.25, 0.3) is 0 Å². The average molecular weight is 194 g/mol. The Morgan fingerprint density at radius 2 is 2.21 bits per heavy atom. The summed E-state index contributed by atoms with van der Waals surface area (Å²) in [4.78, 5) is 9.81. The lowest BCUT2D eigenvalue weighted by Gasteiger charge is -2.29. The zero-order valence-electron chi connectivity index (χ0n) is 8.88. The van der Waals surface area contributed by atoms with E-state index in [0.29, 0.717) is 6.04 Å². The van der Waals surface area contributed by atoms with Gasteiger partial charge in [0, 0.05) is 17.9 Å². The van der Waals surface area contributed by atoms with Crippen LogP contribution in [0.2, 0.25) is 0 Å². The standard InChI is InChI=1S/C10H18N4/c1-8-7-11-10(12-8)13-9-3-5-14(2)6-4-9/h7,9H,3-6H2,1-2H3,(H2,11,12,13). The van der Waals surface area contributed by atoms with Crippen LogP contribution >= 0.6 is 0 Å². The Morgan fingerprint density at radius 1 is 1.50 bits per heavy atom. The van der Waals surface area contributed by atoms with Gasteiger partial charge in [-0.1, -0.05) is 0 Å². The van der Waals surface area contributed by atoms with E-state index >= 15 is 0 Å². The van der Waals surface area contributed by atoms with Crippen LogP contribution in [0.15, 0.2) is 6.20 Å². The van der Waals surface area contributed by atoms with Crippen molar-refractivity contribution in [2.45, 2.75) is 25.8 Å². The highest BCUT2D eigenvalue weighted by Crippen LogP contribution is 2.13. The molecule has 2 heterocycles. The number of aryl methyl sites for hydroxylation is 1. The van der Waals surface area contributed by atoms with E-state index in [4.69, 9.17) is 0 Å². The Morgan fingerprint density at radius 3 is 2.79 bits per heavy atom. The molecule has 14 heavy (non-hydrogen) atoms. The van der Waals surface area contributed by atoms with E-state index in [2.05, 4.69) is 27.2 Å². The quantitative estimate of drug-likeness (QED) is 0.744. The number of hydrogen-bond acceptors (Lipinski definition) is 3. The summed E-state index contributed by atoms with van der Waals surface area (Å²) < 4.78 is 0. The first-order valence-electron chi connectivity index (χ1n) is 5.21. The van der Waals surface area contributed by atoms with Crippen molar-refractivity contribution in [2.24, 2.45) is 0 Å². The highest BCUT2D eigenvalue weighted by atomic mass is 15.2. The Kier molecular flexibility index (Phi) is 2.72. The summed E-state index contributed by atoms with van der Waals surface area (Å²) in [6.45, 7) is 4.38. The minimum Gasteiger partial charge on any atom is -0.353 e. The predicted octanol–water partition coefficient (Wildman–Crippen LogP) is 1.22. The van der Waals surface area contributed by atoms with Crippen LogP contribution in [0.3, 0.4) is 0 Å². The first-order chi connectivity index (χ1) is 6.74. The minimum absolute atomic E-state index is 0.580. The van der Waals surface area contributed by atoms with Gasteiger partial charge in [-0.15, -0.1) is 0 Å². The van der Waals surface area contributed by atoms with Crippen LogP contribution in [-0.2, 0) is 0 Å². The molecule has 2 N–H and O–H groups in total. The minimum atomic E-state index is 0.580. The van der Waals surface area contributed by atoms with Crippen LogP contribution in [0.1, 0.15) is 18.5 Å². The SMILES string of the molecule is Cc1cnc(NC2CCN(C)CC2)[nH]1. The molecule has 0 spiro atoms. The second-order valence-corrected chi connectivity index (χ2v) is 4.14. The number of aromatic amines is 1. The van der Waals surface area contributed by atoms with E-state index in [1.165, 1.54) is 25.9 Å². The molecular formula is C10H18N4. The molecule has 2 rings (SSSR count). The highest BCUT2D eigenvalue weighted by molar-refractivity contribution is 5.27. The van der Waals surface area contributed by atoms with Crippen molar-refractivity contribution in [3.8, 4) is 0 Å². The Bertz CT molecular complexity index is 286. The highest BCUT2D eigenvalue weighted by Gasteiger charge is 2.16. The van der Waals surface area contributed by atoms with Gasteiger partial charge in [0.2, 0.25) is 5.95 Å². The molecule has 0 unspecified atom stereocenters. The fourth-order valence-corrected chi connectivity index (χ4v) is 1.83. The van der Waals surface area contributed by atoms with Crippen molar-refractivity contribution in [2.75, 3.05) is 25.5 Å². The molecule has 1 aliphatic heterocycles. The third-order valence-electron chi connectivity index (χ3n) is 2.76. The van der Waals surface area contributed by atoms with Crippen molar-refractivity contribution < 1.29 is 0 Å². The molecule has 4 nitrogen and oxygen atoms in total. The smallest absolute Gasteiger partial charge is 0.200 e. The van der Waals surface area contributed by atoms with Crippen molar-refractivity contribution in [1.29, 1.82) is 0 Å². The summed E-state index contributed by atoms with van der Waals surface area (Å²) in [5, 5.41) is 3.43. The van der Waals surface area contributed by atoms with Gasteiger partial charge in [0.1, 0.15) is 0 Å². The normalized spacial score (nSPS) is 19.9. The molecule has 1 aromatic heterocycles.